The van der Waals surface area contributed by atoms with E-state index >= 15 is 0 Å². The molecule has 0 spiro atoms. The fourth-order valence-corrected chi connectivity index (χ4v) is 6.46. The third-order valence-electron chi connectivity index (χ3n) is 6.83. The zero-order valence-electron chi connectivity index (χ0n) is 21.8. The predicted molar refractivity (Wildman–Crippen MR) is 154 cm³/mol. The second-order valence-corrected chi connectivity index (χ2v) is 12.8. The number of hydrogen-bond donors (Lipinski definition) is 1. The monoisotopic (exact) mass is 601 g/mol. The maximum absolute atomic E-state index is 13.9. The van der Waals surface area contributed by atoms with Gasteiger partial charge in [-0.25, -0.2) is 8.42 Å². The largest absolute Gasteiger partial charge is 0.352 e. The summed E-state index contributed by atoms with van der Waals surface area (Å²) in [5, 5.41) is 4.26. The van der Waals surface area contributed by atoms with E-state index in [1.54, 1.807) is 43.3 Å². The third kappa shape index (κ3) is 7.78. The van der Waals surface area contributed by atoms with Crippen molar-refractivity contribution < 1.29 is 18.0 Å². The van der Waals surface area contributed by atoms with Crippen molar-refractivity contribution in [1.82, 2.24) is 10.2 Å². The summed E-state index contributed by atoms with van der Waals surface area (Å²) in [7, 11) is -3.86. The van der Waals surface area contributed by atoms with Gasteiger partial charge in [0.05, 0.1) is 11.9 Å². The van der Waals surface area contributed by atoms with Gasteiger partial charge in [0.25, 0.3) is 0 Å². The van der Waals surface area contributed by atoms with Gasteiger partial charge in [-0.05, 0) is 62.1 Å². The maximum atomic E-state index is 13.9. The topological polar surface area (TPSA) is 86.8 Å². The van der Waals surface area contributed by atoms with Crippen LogP contribution >= 0.6 is 34.8 Å². The molecule has 2 amide bonds. The van der Waals surface area contributed by atoms with E-state index in [9.17, 15) is 18.0 Å². The van der Waals surface area contributed by atoms with Crippen molar-refractivity contribution in [2.24, 2.45) is 0 Å². The minimum atomic E-state index is -3.86. The minimum absolute atomic E-state index is 0.0505. The Morgan fingerprint density at radius 2 is 1.68 bits per heavy atom. The number of anilines is 1. The van der Waals surface area contributed by atoms with E-state index in [4.69, 9.17) is 34.8 Å². The van der Waals surface area contributed by atoms with Crippen LogP contribution in [0.15, 0.2) is 36.4 Å². The first kappa shape index (κ1) is 30.5. The van der Waals surface area contributed by atoms with Gasteiger partial charge < -0.3 is 10.2 Å². The number of halogens is 3. The lowest BCUT2D eigenvalue weighted by atomic mass is 9.95. The fraction of sp³-hybridized carbons (Fsp3) is 0.481. The maximum Gasteiger partial charge on any atom is 0.244 e. The molecule has 0 heterocycles. The number of hydrogen-bond acceptors (Lipinski definition) is 4. The summed E-state index contributed by atoms with van der Waals surface area (Å²) in [4.78, 5) is 28.8. The lowest BCUT2D eigenvalue weighted by molar-refractivity contribution is -0.140. The van der Waals surface area contributed by atoms with E-state index in [0.29, 0.717) is 38.3 Å². The van der Waals surface area contributed by atoms with E-state index in [1.807, 2.05) is 6.92 Å². The molecule has 1 N–H and O–H groups in total. The Hall–Kier alpha value is -2.00. The van der Waals surface area contributed by atoms with Gasteiger partial charge in [0.15, 0.2) is 0 Å². The second kappa shape index (κ2) is 13.4. The number of aryl methyl sites for hydroxylation is 1. The van der Waals surface area contributed by atoms with E-state index in [1.165, 1.54) is 4.90 Å². The quantitative estimate of drug-likeness (QED) is 0.363. The van der Waals surface area contributed by atoms with Gasteiger partial charge in [0.2, 0.25) is 21.8 Å². The molecule has 0 aliphatic heterocycles. The number of carbonyl (C=O) groups excluding carboxylic acids is 2. The summed E-state index contributed by atoms with van der Waals surface area (Å²) >= 11 is 18.9. The van der Waals surface area contributed by atoms with E-state index in [-0.39, 0.29) is 18.5 Å². The lowest BCUT2D eigenvalue weighted by Gasteiger charge is -2.34. The average molecular weight is 603 g/mol. The first-order valence-electron chi connectivity index (χ1n) is 12.7. The van der Waals surface area contributed by atoms with Gasteiger partial charge in [0, 0.05) is 33.2 Å². The molecule has 38 heavy (non-hydrogen) atoms. The van der Waals surface area contributed by atoms with Crippen LogP contribution in [0.5, 0.6) is 0 Å². The predicted octanol–water partition coefficient (Wildman–Crippen LogP) is 5.98. The van der Waals surface area contributed by atoms with Crippen molar-refractivity contribution in [3.05, 3.63) is 62.6 Å². The Labute approximate surface area is 240 Å². The third-order valence-corrected chi connectivity index (χ3v) is 8.90. The molecule has 208 valence electrons. The minimum Gasteiger partial charge on any atom is -0.352 e. The molecule has 3 rings (SSSR count). The Morgan fingerprint density at radius 3 is 2.24 bits per heavy atom. The molecule has 1 saturated carbocycles. The van der Waals surface area contributed by atoms with Crippen molar-refractivity contribution >= 4 is 62.3 Å². The standard InChI is InChI=1S/C27H34Cl3N3O4S/c1-4-24(27(35)31-20-9-6-5-7-10-20)32(16-21-22(29)11-8-12-23(21)30)26(34)17-33(38(3,36)37)25-14-13-19(28)15-18(25)2/h8,11-15,20,24H,4-7,9-10,16-17H2,1-3H3,(H,31,35)/t24-/m1/s1. The van der Waals surface area contributed by atoms with Crippen LogP contribution in [-0.4, -0.2) is 50.0 Å². The number of sulfonamides is 1. The number of carbonyl (C=O) groups is 2. The van der Waals surface area contributed by atoms with Crippen molar-refractivity contribution in [3.8, 4) is 0 Å². The van der Waals surface area contributed by atoms with Crippen molar-refractivity contribution in [1.29, 1.82) is 0 Å². The highest BCUT2D eigenvalue weighted by molar-refractivity contribution is 7.92. The molecular formula is C27H34Cl3N3O4S. The molecule has 2 aromatic carbocycles. The Kier molecular flexibility index (Phi) is 10.7. The molecule has 11 heteroatoms. The van der Waals surface area contributed by atoms with Crippen LogP contribution in [0.2, 0.25) is 15.1 Å². The van der Waals surface area contributed by atoms with Gasteiger partial charge in [-0.1, -0.05) is 67.1 Å². The fourth-order valence-electron chi connectivity index (χ4n) is 4.81. The Morgan fingerprint density at radius 1 is 1.05 bits per heavy atom. The van der Waals surface area contributed by atoms with E-state index in [0.717, 1.165) is 42.7 Å². The van der Waals surface area contributed by atoms with Crippen molar-refractivity contribution in [2.45, 2.75) is 71.0 Å². The van der Waals surface area contributed by atoms with Crippen molar-refractivity contribution in [3.63, 3.8) is 0 Å². The number of rotatable bonds is 10. The van der Waals surface area contributed by atoms with Gasteiger partial charge in [0.1, 0.15) is 12.6 Å². The molecule has 7 nitrogen and oxygen atoms in total. The molecule has 0 bridgehead atoms. The molecule has 0 saturated heterocycles. The number of benzene rings is 2. The van der Waals surface area contributed by atoms with Crippen LogP contribution in [0.1, 0.15) is 56.6 Å². The normalized spacial score (nSPS) is 15.1. The van der Waals surface area contributed by atoms with Gasteiger partial charge >= 0.3 is 0 Å². The molecule has 1 aliphatic carbocycles. The second-order valence-electron chi connectivity index (χ2n) is 9.69. The van der Waals surface area contributed by atoms with Crippen LogP contribution < -0.4 is 9.62 Å². The summed E-state index contributed by atoms with van der Waals surface area (Å²) in [6, 6.07) is 8.99. The average Bonchev–Trinajstić information content (AvgIpc) is 2.84. The molecule has 0 aromatic heterocycles. The molecule has 1 fully saturated rings. The summed E-state index contributed by atoms with van der Waals surface area (Å²) < 4.78 is 26.7. The van der Waals surface area contributed by atoms with Gasteiger partial charge in [-0.2, -0.15) is 0 Å². The highest BCUT2D eigenvalue weighted by atomic mass is 35.5. The highest BCUT2D eigenvalue weighted by Gasteiger charge is 2.33. The van der Waals surface area contributed by atoms with Gasteiger partial charge in [-0.15, -0.1) is 0 Å². The van der Waals surface area contributed by atoms with Crippen molar-refractivity contribution in [2.75, 3.05) is 17.1 Å². The lowest BCUT2D eigenvalue weighted by Crippen LogP contribution is -2.54. The zero-order chi connectivity index (χ0) is 28.0. The van der Waals surface area contributed by atoms with Crippen LogP contribution in [0.3, 0.4) is 0 Å². The highest BCUT2D eigenvalue weighted by Crippen LogP contribution is 2.29. The summed E-state index contributed by atoms with van der Waals surface area (Å²) in [6.45, 7) is 2.98. The zero-order valence-corrected chi connectivity index (χ0v) is 24.9. The van der Waals surface area contributed by atoms with Crippen LogP contribution in [0.4, 0.5) is 5.69 Å². The molecule has 2 aromatic rings. The SMILES string of the molecule is CC[C@H](C(=O)NC1CCCCC1)N(Cc1c(Cl)cccc1Cl)C(=O)CN(c1ccc(Cl)cc1C)S(C)(=O)=O. The summed E-state index contributed by atoms with van der Waals surface area (Å²) in [5.41, 5.74) is 1.42. The first-order valence-corrected chi connectivity index (χ1v) is 15.7. The molecule has 0 radical (unpaired) electrons. The number of nitrogens with zero attached hydrogens (tertiary/aromatic N) is 2. The van der Waals surface area contributed by atoms with Crippen LogP contribution in [-0.2, 0) is 26.2 Å². The smallest absolute Gasteiger partial charge is 0.244 e. The summed E-state index contributed by atoms with van der Waals surface area (Å²) in [6.07, 6.45) is 6.38. The Bertz CT molecular complexity index is 1250. The number of nitrogens with one attached hydrogen (secondary N) is 1. The van der Waals surface area contributed by atoms with E-state index < -0.39 is 28.5 Å². The molecular weight excluding hydrogens is 569 g/mol. The first-order chi connectivity index (χ1) is 17.9. The molecule has 0 unspecified atom stereocenters. The molecule has 1 atom stereocenters. The molecule has 1 aliphatic rings. The van der Waals surface area contributed by atoms with E-state index in [2.05, 4.69) is 5.32 Å². The van der Waals surface area contributed by atoms with Gasteiger partial charge in [-0.3, -0.25) is 13.9 Å². The Balaban J connectivity index is 1.98. The van der Waals surface area contributed by atoms with Crippen LogP contribution in [0.25, 0.3) is 0 Å². The summed E-state index contributed by atoms with van der Waals surface area (Å²) in [5.74, 6) is -0.823. The van der Waals surface area contributed by atoms with Crippen LogP contribution in [0, 0.1) is 6.92 Å². The number of amides is 2.